The molecule has 0 saturated carbocycles. The van der Waals surface area contributed by atoms with E-state index in [1.165, 1.54) is 18.2 Å². The van der Waals surface area contributed by atoms with Gasteiger partial charge in [0.15, 0.2) is 0 Å². The highest BCUT2D eigenvalue weighted by atomic mass is 19.1. The highest BCUT2D eigenvalue weighted by Gasteiger charge is 2.17. The first-order valence-electron chi connectivity index (χ1n) is 10.3. The van der Waals surface area contributed by atoms with E-state index in [9.17, 15) is 14.0 Å². The van der Waals surface area contributed by atoms with Gasteiger partial charge in [0, 0.05) is 48.3 Å². The number of amides is 2. The summed E-state index contributed by atoms with van der Waals surface area (Å²) in [6.07, 6.45) is 0.255. The molecule has 0 atom stereocenters. The number of aromatic amines is 1. The van der Waals surface area contributed by atoms with Crippen molar-refractivity contribution in [2.75, 3.05) is 43.5 Å². The molecule has 2 aromatic carbocycles. The van der Waals surface area contributed by atoms with E-state index >= 15 is 0 Å². The van der Waals surface area contributed by atoms with Crippen molar-refractivity contribution < 1.29 is 18.7 Å². The summed E-state index contributed by atoms with van der Waals surface area (Å²) >= 11 is 0. The van der Waals surface area contributed by atoms with Crippen molar-refractivity contribution >= 4 is 34.1 Å². The Morgan fingerprint density at radius 1 is 1.13 bits per heavy atom. The van der Waals surface area contributed by atoms with Gasteiger partial charge in [-0.25, -0.2) is 4.39 Å². The van der Waals surface area contributed by atoms with Crippen LogP contribution in [0.15, 0.2) is 42.5 Å². The molecule has 2 amide bonds. The van der Waals surface area contributed by atoms with Gasteiger partial charge in [0.1, 0.15) is 5.82 Å². The van der Waals surface area contributed by atoms with E-state index in [0.29, 0.717) is 31.0 Å². The molecule has 0 unspecified atom stereocenters. The van der Waals surface area contributed by atoms with Crippen molar-refractivity contribution in [2.24, 2.45) is 0 Å². The van der Waals surface area contributed by atoms with Gasteiger partial charge in [0.2, 0.25) is 5.91 Å². The average Bonchev–Trinajstić information content (AvgIpc) is 3.11. The number of H-pyrrole nitrogens is 1. The minimum atomic E-state index is -0.555. The van der Waals surface area contributed by atoms with Crippen molar-refractivity contribution in [2.45, 2.75) is 13.3 Å². The number of nitrogens with zero attached hydrogens (tertiary/aromatic N) is 1. The number of anilines is 2. The second kappa shape index (κ2) is 9.28. The van der Waals surface area contributed by atoms with Gasteiger partial charge in [0.05, 0.1) is 24.5 Å². The molecule has 3 aromatic rings. The lowest BCUT2D eigenvalue weighted by molar-refractivity contribution is -0.116. The number of nitrogens with one attached hydrogen (secondary N) is 3. The van der Waals surface area contributed by atoms with Crippen LogP contribution in [0, 0.1) is 12.7 Å². The SMILES string of the molecule is Cc1[nH]c2ccccc2c1C(=O)Nc1ccc(F)c(NC(=O)CCN2CCOCC2)c1. The molecule has 162 valence electrons. The van der Waals surface area contributed by atoms with Gasteiger partial charge in [-0.1, -0.05) is 18.2 Å². The number of fused-ring (bicyclic) bond motifs is 1. The smallest absolute Gasteiger partial charge is 0.258 e. The van der Waals surface area contributed by atoms with E-state index in [1.807, 2.05) is 31.2 Å². The van der Waals surface area contributed by atoms with Gasteiger partial charge in [-0.2, -0.15) is 0 Å². The number of benzene rings is 2. The van der Waals surface area contributed by atoms with Gasteiger partial charge in [-0.15, -0.1) is 0 Å². The van der Waals surface area contributed by atoms with Crippen LogP contribution in [0.25, 0.3) is 10.9 Å². The van der Waals surface area contributed by atoms with Crippen LogP contribution in [0.2, 0.25) is 0 Å². The minimum Gasteiger partial charge on any atom is -0.379 e. The van der Waals surface area contributed by atoms with Crippen molar-refractivity contribution in [3.05, 3.63) is 59.5 Å². The van der Waals surface area contributed by atoms with Gasteiger partial charge in [-0.05, 0) is 31.2 Å². The maximum Gasteiger partial charge on any atom is 0.258 e. The number of carbonyl (C=O) groups is 2. The number of hydrogen-bond acceptors (Lipinski definition) is 4. The first kappa shape index (κ1) is 21.0. The highest BCUT2D eigenvalue weighted by molar-refractivity contribution is 6.14. The Balaban J connectivity index is 1.43. The summed E-state index contributed by atoms with van der Waals surface area (Å²) in [4.78, 5) is 30.5. The number of ether oxygens (including phenoxy) is 1. The summed E-state index contributed by atoms with van der Waals surface area (Å²) in [7, 11) is 0. The zero-order valence-corrected chi connectivity index (χ0v) is 17.3. The normalized spacial score (nSPS) is 14.5. The van der Waals surface area contributed by atoms with Crippen molar-refractivity contribution in [1.82, 2.24) is 9.88 Å². The van der Waals surface area contributed by atoms with E-state index in [4.69, 9.17) is 4.74 Å². The lowest BCUT2D eigenvalue weighted by Gasteiger charge is -2.26. The summed E-state index contributed by atoms with van der Waals surface area (Å²) in [5, 5.41) is 6.23. The number of aromatic nitrogens is 1. The molecule has 0 radical (unpaired) electrons. The third-order valence-corrected chi connectivity index (χ3v) is 5.38. The Labute approximate surface area is 179 Å². The molecule has 2 heterocycles. The molecule has 4 rings (SSSR count). The average molecular weight is 424 g/mol. The maximum absolute atomic E-state index is 14.2. The van der Waals surface area contributed by atoms with Gasteiger partial charge < -0.3 is 20.4 Å². The van der Waals surface area contributed by atoms with Crippen LogP contribution in [0.5, 0.6) is 0 Å². The molecule has 1 aromatic heterocycles. The summed E-state index contributed by atoms with van der Waals surface area (Å²) < 4.78 is 19.5. The summed E-state index contributed by atoms with van der Waals surface area (Å²) in [5.41, 5.74) is 2.60. The largest absolute Gasteiger partial charge is 0.379 e. The van der Waals surface area contributed by atoms with Crippen LogP contribution in [-0.2, 0) is 9.53 Å². The Bertz CT molecular complexity index is 1110. The highest BCUT2D eigenvalue weighted by Crippen LogP contribution is 2.25. The molecular formula is C23H25FN4O3. The first-order chi connectivity index (χ1) is 15.0. The van der Waals surface area contributed by atoms with Gasteiger partial charge in [-0.3, -0.25) is 14.5 Å². The summed E-state index contributed by atoms with van der Waals surface area (Å²) in [5.74, 6) is -1.13. The molecule has 7 nitrogen and oxygen atoms in total. The molecule has 3 N–H and O–H groups in total. The fraction of sp³-hybridized carbons (Fsp3) is 0.304. The van der Waals surface area contributed by atoms with Crippen LogP contribution in [0.3, 0.4) is 0 Å². The number of carbonyl (C=O) groups excluding carboxylic acids is 2. The predicted octanol–water partition coefficient (Wildman–Crippen LogP) is 3.53. The van der Waals surface area contributed by atoms with Crippen LogP contribution in [0.4, 0.5) is 15.8 Å². The fourth-order valence-electron chi connectivity index (χ4n) is 3.76. The van der Waals surface area contributed by atoms with Crippen LogP contribution in [0.1, 0.15) is 22.5 Å². The van der Waals surface area contributed by atoms with Gasteiger partial charge in [0.25, 0.3) is 5.91 Å². The number of hydrogen-bond donors (Lipinski definition) is 3. The van der Waals surface area contributed by atoms with E-state index in [-0.39, 0.29) is 23.9 Å². The number of morpholine rings is 1. The summed E-state index contributed by atoms with van der Waals surface area (Å²) in [6.45, 7) is 5.32. The summed E-state index contributed by atoms with van der Waals surface area (Å²) in [6, 6.07) is 11.7. The third-order valence-electron chi connectivity index (χ3n) is 5.38. The van der Waals surface area contributed by atoms with Crippen molar-refractivity contribution in [1.29, 1.82) is 0 Å². The first-order valence-corrected chi connectivity index (χ1v) is 10.3. The Hall–Kier alpha value is -3.23. The Kier molecular flexibility index (Phi) is 6.29. The van der Waals surface area contributed by atoms with E-state index in [1.54, 1.807) is 0 Å². The quantitative estimate of drug-likeness (QED) is 0.565. The van der Waals surface area contributed by atoms with Crippen LogP contribution >= 0.6 is 0 Å². The standard InChI is InChI=1S/C23H25FN4O3/c1-15-22(17-4-2-3-5-19(17)25-15)23(30)26-16-6-7-18(24)20(14-16)27-21(29)8-9-28-10-12-31-13-11-28/h2-7,14,25H,8-13H2,1H3,(H,26,30)(H,27,29). The molecule has 1 aliphatic heterocycles. The fourth-order valence-corrected chi connectivity index (χ4v) is 3.76. The third kappa shape index (κ3) is 4.92. The van der Waals surface area contributed by atoms with E-state index in [0.717, 1.165) is 29.7 Å². The molecular weight excluding hydrogens is 399 g/mol. The number of aryl methyl sites for hydroxylation is 1. The molecule has 31 heavy (non-hydrogen) atoms. The molecule has 8 heteroatoms. The lowest BCUT2D eigenvalue weighted by atomic mass is 10.1. The van der Waals surface area contributed by atoms with Crippen LogP contribution in [-0.4, -0.2) is 54.5 Å². The molecule has 1 aliphatic rings. The second-order valence-electron chi connectivity index (χ2n) is 7.57. The Morgan fingerprint density at radius 3 is 2.71 bits per heavy atom. The Morgan fingerprint density at radius 2 is 1.90 bits per heavy atom. The number of halogens is 1. The number of rotatable bonds is 6. The topological polar surface area (TPSA) is 86.5 Å². The minimum absolute atomic E-state index is 0.0421. The lowest BCUT2D eigenvalue weighted by Crippen LogP contribution is -2.38. The van der Waals surface area contributed by atoms with E-state index in [2.05, 4.69) is 20.5 Å². The monoisotopic (exact) mass is 424 g/mol. The maximum atomic E-state index is 14.2. The molecule has 0 spiro atoms. The number of para-hydroxylation sites is 1. The van der Waals surface area contributed by atoms with Gasteiger partial charge >= 0.3 is 0 Å². The predicted molar refractivity (Wildman–Crippen MR) is 118 cm³/mol. The van der Waals surface area contributed by atoms with Crippen molar-refractivity contribution in [3.63, 3.8) is 0 Å². The van der Waals surface area contributed by atoms with Crippen LogP contribution < -0.4 is 10.6 Å². The molecule has 0 bridgehead atoms. The zero-order valence-electron chi connectivity index (χ0n) is 17.3. The molecule has 1 saturated heterocycles. The molecule has 0 aliphatic carbocycles. The van der Waals surface area contributed by atoms with Crippen molar-refractivity contribution in [3.8, 4) is 0 Å². The van der Waals surface area contributed by atoms with E-state index < -0.39 is 5.82 Å². The zero-order chi connectivity index (χ0) is 21.8. The second-order valence-corrected chi connectivity index (χ2v) is 7.57. The molecule has 1 fully saturated rings.